The summed E-state index contributed by atoms with van der Waals surface area (Å²) in [6.45, 7) is 6.10. The fraction of sp³-hybridized carbons (Fsp3) is 0.842. The van der Waals surface area contributed by atoms with Gasteiger partial charge in [0.05, 0.1) is 0 Å². The molecule has 0 rings (SSSR count). The molecule has 0 aliphatic carbocycles. The molecule has 0 fully saturated rings. The summed E-state index contributed by atoms with van der Waals surface area (Å²) in [5, 5.41) is 0. The average Bonchev–Trinajstić information content (AvgIpc) is 2.43. The van der Waals surface area contributed by atoms with Crippen molar-refractivity contribution in [3.63, 3.8) is 0 Å². The Morgan fingerprint density at radius 3 is 1.70 bits per heavy atom. The molecule has 0 saturated carbocycles. The van der Waals surface area contributed by atoms with E-state index < -0.39 is 0 Å². The van der Waals surface area contributed by atoms with Crippen LogP contribution in [0.25, 0.3) is 0 Å². The number of unbranched alkanes of at least 4 members (excludes halogenated alkanes) is 10. The molecule has 0 radical (unpaired) electrons. The van der Waals surface area contributed by atoms with Crippen LogP contribution in [-0.4, -0.2) is 5.78 Å². The van der Waals surface area contributed by atoms with Gasteiger partial charge in [-0.25, -0.2) is 0 Å². The summed E-state index contributed by atoms with van der Waals surface area (Å²) in [5.41, 5.74) is 0. The number of Topliss-reactive ketones (excluding diaryl/α,β-unsaturated/α-hetero) is 1. The third kappa shape index (κ3) is 13.8. The van der Waals surface area contributed by atoms with Gasteiger partial charge >= 0.3 is 0 Å². The van der Waals surface area contributed by atoms with Crippen molar-refractivity contribution in [1.82, 2.24) is 0 Å². The van der Waals surface area contributed by atoms with Crippen molar-refractivity contribution >= 4 is 5.78 Å². The van der Waals surface area contributed by atoms with E-state index >= 15 is 0 Å². The van der Waals surface area contributed by atoms with E-state index in [0.717, 1.165) is 12.8 Å². The highest BCUT2D eigenvalue weighted by atomic mass is 16.1. The van der Waals surface area contributed by atoms with E-state index in [1.165, 1.54) is 64.2 Å². The minimum absolute atomic E-state index is 0.225. The van der Waals surface area contributed by atoms with E-state index in [2.05, 4.69) is 19.1 Å². The van der Waals surface area contributed by atoms with Gasteiger partial charge < -0.3 is 0 Å². The lowest BCUT2D eigenvalue weighted by Crippen LogP contribution is -2.05. The number of hydrogen-bond donors (Lipinski definition) is 0. The van der Waals surface area contributed by atoms with Crippen LogP contribution in [0.4, 0.5) is 0 Å². The molecule has 0 unspecified atom stereocenters. The van der Waals surface area contributed by atoms with Gasteiger partial charge in [-0.2, -0.15) is 0 Å². The van der Waals surface area contributed by atoms with E-state index in [9.17, 15) is 4.79 Å². The van der Waals surface area contributed by atoms with Crippen LogP contribution in [-0.2, 0) is 4.79 Å². The molecular formula is C19H36O. The zero-order valence-electron chi connectivity index (χ0n) is 14.1. The van der Waals surface area contributed by atoms with Crippen molar-refractivity contribution in [1.29, 1.82) is 0 Å². The van der Waals surface area contributed by atoms with E-state index in [1.807, 2.05) is 13.8 Å². The average molecular weight is 280 g/mol. The molecule has 0 aliphatic heterocycles. The standard InChI is InChI=1S/C19H36O/c1-4-5-6-7-8-9-10-11-12-13-14-15-16-17-19(20)18(2)3/h4-5,18H,6-17H2,1-3H3. The predicted octanol–water partition coefficient (Wildman–Crippen LogP) is 6.47. The zero-order valence-corrected chi connectivity index (χ0v) is 14.1. The van der Waals surface area contributed by atoms with Gasteiger partial charge in [-0.3, -0.25) is 4.79 Å². The fourth-order valence-corrected chi connectivity index (χ4v) is 2.43. The Kier molecular flexibility index (Phi) is 14.4. The minimum Gasteiger partial charge on any atom is -0.299 e. The first kappa shape index (κ1) is 19.4. The third-order valence-electron chi connectivity index (χ3n) is 3.92. The number of ketones is 1. The van der Waals surface area contributed by atoms with Gasteiger partial charge in [-0.1, -0.05) is 77.4 Å². The summed E-state index contributed by atoms with van der Waals surface area (Å²) >= 11 is 0. The maximum Gasteiger partial charge on any atom is 0.135 e. The normalized spacial score (nSPS) is 11.6. The molecule has 0 aliphatic rings. The maximum atomic E-state index is 11.4. The zero-order chi connectivity index (χ0) is 15.1. The lowest BCUT2D eigenvalue weighted by Gasteiger charge is -2.04. The largest absolute Gasteiger partial charge is 0.299 e. The molecule has 0 spiro atoms. The molecule has 0 saturated heterocycles. The summed E-state index contributed by atoms with van der Waals surface area (Å²) in [6.07, 6.45) is 19.8. The molecule has 0 aromatic carbocycles. The molecule has 0 heterocycles. The van der Waals surface area contributed by atoms with Crippen LogP contribution in [0.1, 0.15) is 97.8 Å². The summed E-state index contributed by atoms with van der Waals surface area (Å²) < 4.78 is 0. The van der Waals surface area contributed by atoms with Crippen molar-refractivity contribution in [2.75, 3.05) is 0 Å². The van der Waals surface area contributed by atoms with Crippen LogP contribution < -0.4 is 0 Å². The highest BCUT2D eigenvalue weighted by Gasteiger charge is 2.05. The Labute approximate surface area is 127 Å². The smallest absolute Gasteiger partial charge is 0.135 e. The molecule has 1 heteroatoms. The summed E-state index contributed by atoms with van der Waals surface area (Å²) in [5.74, 6) is 0.658. The second-order valence-electron chi connectivity index (χ2n) is 6.26. The van der Waals surface area contributed by atoms with E-state index in [0.29, 0.717) is 5.78 Å². The number of carbonyl (C=O) groups excluding carboxylic acids is 1. The highest BCUT2D eigenvalue weighted by Crippen LogP contribution is 2.13. The molecule has 0 aromatic heterocycles. The van der Waals surface area contributed by atoms with Gasteiger partial charge in [0.15, 0.2) is 0 Å². The minimum atomic E-state index is 0.225. The number of allylic oxidation sites excluding steroid dienone is 2. The van der Waals surface area contributed by atoms with Gasteiger partial charge in [0, 0.05) is 12.3 Å². The van der Waals surface area contributed by atoms with Crippen LogP contribution in [0.5, 0.6) is 0 Å². The van der Waals surface area contributed by atoms with E-state index in [-0.39, 0.29) is 5.92 Å². The van der Waals surface area contributed by atoms with Crippen molar-refractivity contribution in [2.24, 2.45) is 5.92 Å². The molecule has 0 amide bonds. The second kappa shape index (κ2) is 14.8. The van der Waals surface area contributed by atoms with Crippen molar-refractivity contribution in [3.05, 3.63) is 12.2 Å². The summed E-state index contributed by atoms with van der Waals surface area (Å²) in [6, 6.07) is 0. The van der Waals surface area contributed by atoms with Crippen LogP contribution in [0.15, 0.2) is 12.2 Å². The van der Waals surface area contributed by atoms with Gasteiger partial charge in [0.25, 0.3) is 0 Å². The van der Waals surface area contributed by atoms with Crippen LogP contribution >= 0.6 is 0 Å². The molecule has 0 aromatic rings. The van der Waals surface area contributed by atoms with Crippen molar-refractivity contribution < 1.29 is 4.79 Å². The Hall–Kier alpha value is -0.590. The molecule has 0 bridgehead atoms. The lowest BCUT2D eigenvalue weighted by molar-refractivity contribution is -0.122. The number of rotatable bonds is 14. The first-order valence-corrected chi connectivity index (χ1v) is 8.82. The molecule has 1 nitrogen and oxygen atoms in total. The van der Waals surface area contributed by atoms with Crippen LogP contribution in [0.3, 0.4) is 0 Å². The molecule has 20 heavy (non-hydrogen) atoms. The monoisotopic (exact) mass is 280 g/mol. The Bertz CT molecular complexity index is 240. The molecule has 0 atom stereocenters. The number of carbonyl (C=O) groups is 1. The molecule has 118 valence electrons. The van der Waals surface area contributed by atoms with E-state index in [1.54, 1.807) is 0 Å². The topological polar surface area (TPSA) is 17.1 Å². The van der Waals surface area contributed by atoms with E-state index in [4.69, 9.17) is 0 Å². The maximum absolute atomic E-state index is 11.4. The third-order valence-corrected chi connectivity index (χ3v) is 3.92. The van der Waals surface area contributed by atoms with Gasteiger partial charge in [0.2, 0.25) is 0 Å². The Morgan fingerprint density at radius 2 is 1.25 bits per heavy atom. The Balaban J connectivity index is 3.08. The first-order chi connectivity index (χ1) is 9.68. The summed E-state index contributed by atoms with van der Waals surface area (Å²) in [7, 11) is 0. The molecule has 0 N–H and O–H groups in total. The van der Waals surface area contributed by atoms with Crippen molar-refractivity contribution in [2.45, 2.75) is 97.8 Å². The van der Waals surface area contributed by atoms with Gasteiger partial charge in [-0.05, 0) is 26.2 Å². The SMILES string of the molecule is CC=CCCCCCCCCCCCCC(=O)C(C)C. The predicted molar refractivity (Wildman–Crippen MR) is 90.1 cm³/mol. The van der Waals surface area contributed by atoms with Crippen LogP contribution in [0, 0.1) is 5.92 Å². The highest BCUT2D eigenvalue weighted by molar-refractivity contribution is 5.80. The quantitative estimate of drug-likeness (QED) is 0.263. The van der Waals surface area contributed by atoms with Gasteiger partial charge in [-0.15, -0.1) is 0 Å². The number of hydrogen-bond acceptors (Lipinski definition) is 1. The second-order valence-corrected chi connectivity index (χ2v) is 6.26. The molecular weight excluding hydrogens is 244 g/mol. The summed E-state index contributed by atoms with van der Waals surface area (Å²) in [4.78, 5) is 11.4. The Morgan fingerprint density at radius 1 is 0.800 bits per heavy atom. The van der Waals surface area contributed by atoms with Crippen LogP contribution in [0.2, 0.25) is 0 Å². The lowest BCUT2D eigenvalue weighted by atomic mass is 10.0. The van der Waals surface area contributed by atoms with Gasteiger partial charge in [0.1, 0.15) is 5.78 Å². The first-order valence-electron chi connectivity index (χ1n) is 8.82. The van der Waals surface area contributed by atoms with Crippen molar-refractivity contribution in [3.8, 4) is 0 Å². The fourth-order valence-electron chi connectivity index (χ4n) is 2.43.